The first-order valence-corrected chi connectivity index (χ1v) is 9.47. The molecule has 34 heavy (non-hydrogen) atoms. The molecule has 1 unspecified atom stereocenters. The van der Waals surface area contributed by atoms with Crippen LogP contribution in [-0.2, 0) is 19.2 Å². The number of benzene rings is 1. The van der Waals surface area contributed by atoms with Crippen molar-refractivity contribution < 1.29 is 34.0 Å². The van der Waals surface area contributed by atoms with Crippen LogP contribution in [0.5, 0.6) is 0 Å². The molecule has 4 rings (SSSR count). The van der Waals surface area contributed by atoms with E-state index in [1.807, 2.05) is 6.07 Å². The minimum absolute atomic E-state index is 0. The van der Waals surface area contributed by atoms with Gasteiger partial charge in [-0.15, -0.1) is 12.4 Å². The zero-order chi connectivity index (χ0) is 22.7. The highest BCUT2D eigenvalue weighted by molar-refractivity contribution is 6.05. The Hall–Kier alpha value is -3.18. The number of amides is 1. The van der Waals surface area contributed by atoms with Crippen molar-refractivity contribution in [2.45, 2.75) is 38.2 Å². The van der Waals surface area contributed by atoms with Crippen molar-refractivity contribution in [1.29, 1.82) is 5.26 Å². The highest BCUT2D eigenvalue weighted by atomic mass is 35.5. The third kappa shape index (κ3) is 4.32. The van der Waals surface area contributed by atoms with E-state index in [2.05, 4.69) is 10.1 Å². The van der Waals surface area contributed by atoms with Crippen molar-refractivity contribution in [1.82, 2.24) is 24.2 Å². The molecule has 2 aromatic heterocycles. The van der Waals surface area contributed by atoms with Crippen LogP contribution in [0.15, 0.2) is 24.4 Å². The Bertz CT molecular complexity index is 1250. The van der Waals surface area contributed by atoms with Gasteiger partial charge < -0.3 is 25.5 Å². The van der Waals surface area contributed by atoms with E-state index in [1.54, 1.807) is 32.2 Å². The van der Waals surface area contributed by atoms with Gasteiger partial charge in [-0.2, -0.15) is 23.5 Å². The van der Waals surface area contributed by atoms with Gasteiger partial charge in [-0.05, 0) is 32.0 Å². The number of hydrogen-bond donors (Lipinski definition) is 1. The standard InChI is InChI=1S/C20H19F3N6O2.ClH.2H2O/c1-11-9-28(10-13-8-25-18(29(11)13)19(2,31)20(21,22)23)17(30)16-14-5-4-12(7-24)6-15(14)26-27(16)3;;;/h4-6,8,11,31H,9-10H2,1-3H3;1H;2*1H2/t11-,19?;;;/m0.../s1. The van der Waals surface area contributed by atoms with Gasteiger partial charge in [0.2, 0.25) is 5.60 Å². The molecular formula is C20H24ClF3N6O4. The smallest absolute Gasteiger partial charge is 0.412 e. The van der Waals surface area contributed by atoms with Crippen LogP contribution in [0.2, 0.25) is 0 Å². The number of aromatic nitrogens is 4. The first-order chi connectivity index (χ1) is 14.5. The molecule has 0 aliphatic carbocycles. The fourth-order valence-electron chi connectivity index (χ4n) is 3.98. The summed E-state index contributed by atoms with van der Waals surface area (Å²) in [5.74, 6) is -0.831. The molecule has 186 valence electrons. The Morgan fingerprint density at radius 3 is 2.53 bits per heavy atom. The Morgan fingerprint density at radius 2 is 1.94 bits per heavy atom. The molecule has 3 aromatic rings. The van der Waals surface area contributed by atoms with Gasteiger partial charge in [0.05, 0.1) is 41.6 Å². The first kappa shape index (κ1) is 28.9. The molecular weight excluding hydrogens is 481 g/mol. The Balaban J connectivity index is 0.00000193. The fourth-order valence-corrected chi connectivity index (χ4v) is 3.98. The molecule has 10 nitrogen and oxygen atoms in total. The molecule has 0 saturated heterocycles. The molecule has 0 spiro atoms. The molecule has 5 N–H and O–H groups in total. The maximum atomic E-state index is 13.3. The third-order valence-electron chi connectivity index (χ3n) is 5.59. The topological polar surface area (TPSA) is 163 Å². The number of fused-ring (bicyclic) bond motifs is 2. The third-order valence-corrected chi connectivity index (χ3v) is 5.59. The van der Waals surface area contributed by atoms with Crippen molar-refractivity contribution in [3.63, 3.8) is 0 Å². The summed E-state index contributed by atoms with van der Waals surface area (Å²) in [7, 11) is 1.62. The summed E-state index contributed by atoms with van der Waals surface area (Å²) >= 11 is 0. The Morgan fingerprint density at radius 1 is 1.29 bits per heavy atom. The van der Waals surface area contributed by atoms with Crippen LogP contribution < -0.4 is 0 Å². The number of carbonyl (C=O) groups excluding carboxylic acids is 1. The number of alkyl halides is 3. The van der Waals surface area contributed by atoms with Crippen LogP contribution in [0.1, 0.15) is 47.5 Å². The van der Waals surface area contributed by atoms with Gasteiger partial charge in [-0.3, -0.25) is 9.48 Å². The Labute approximate surface area is 198 Å². The lowest BCUT2D eigenvalue weighted by atomic mass is 10.0. The average Bonchev–Trinajstić information content (AvgIpc) is 3.26. The maximum absolute atomic E-state index is 13.3. The van der Waals surface area contributed by atoms with Crippen molar-refractivity contribution in [3.8, 4) is 6.07 Å². The van der Waals surface area contributed by atoms with Crippen LogP contribution in [0.25, 0.3) is 10.9 Å². The first-order valence-electron chi connectivity index (χ1n) is 9.47. The number of halogens is 4. The van der Waals surface area contributed by atoms with Gasteiger partial charge in [0.1, 0.15) is 5.69 Å². The molecule has 1 aliphatic heterocycles. The number of hydrogen-bond acceptors (Lipinski definition) is 5. The summed E-state index contributed by atoms with van der Waals surface area (Å²) in [5.41, 5.74) is -1.47. The molecule has 14 heteroatoms. The fraction of sp³-hybridized carbons (Fsp3) is 0.400. The molecule has 1 aliphatic rings. The maximum Gasteiger partial charge on any atom is 0.424 e. The lowest BCUT2D eigenvalue weighted by molar-refractivity contribution is -0.263. The van der Waals surface area contributed by atoms with Crippen LogP contribution >= 0.6 is 12.4 Å². The van der Waals surface area contributed by atoms with E-state index in [4.69, 9.17) is 5.26 Å². The van der Waals surface area contributed by atoms with Crippen molar-refractivity contribution in [2.75, 3.05) is 6.54 Å². The van der Waals surface area contributed by atoms with Crippen molar-refractivity contribution in [2.24, 2.45) is 7.05 Å². The van der Waals surface area contributed by atoms with E-state index < -0.39 is 23.6 Å². The highest BCUT2D eigenvalue weighted by Crippen LogP contribution is 2.40. The van der Waals surface area contributed by atoms with Gasteiger partial charge in [-0.1, -0.05) is 0 Å². The summed E-state index contributed by atoms with van der Waals surface area (Å²) in [6.45, 7) is 2.50. The molecule has 0 bridgehead atoms. The van der Waals surface area contributed by atoms with E-state index in [0.717, 1.165) is 0 Å². The average molecular weight is 505 g/mol. The van der Waals surface area contributed by atoms with E-state index >= 15 is 0 Å². The largest absolute Gasteiger partial charge is 0.424 e. The minimum atomic E-state index is -4.89. The van der Waals surface area contributed by atoms with E-state index in [9.17, 15) is 23.1 Å². The number of nitriles is 1. The van der Waals surface area contributed by atoms with Crippen LogP contribution in [0, 0.1) is 11.3 Å². The zero-order valence-corrected chi connectivity index (χ0v) is 19.2. The predicted molar refractivity (Wildman–Crippen MR) is 117 cm³/mol. The summed E-state index contributed by atoms with van der Waals surface area (Å²) in [6, 6.07) is 6.33. The van der Waals surface area contributed by atoms with Gasteiger partial charge in [0, 0.05) is 19.0 Å². The second kappa shape index (κ2) is 9.59. The molecule has 2 atom stereocenters. The van der Waals surface area contributed by atoms with Gasteiger partial charge in [-0.25, -0.2) is 4.98 Å². The predicted octanol–water partition coefficient (Wildman–Crippen LogP) is 1.40. The lowest BCUT2D eigenvalue weighted by Crippen LogP contribution is -2.46. The van der Waals surface area contributed by atoms with E-state index in [1.165, 1.54) is 20.3 Å². The second-order valence-electron chi connectivity index (χ2n) is 7.86. The zero-order valence-electron chi connectivity index (χ0n) is 18.4. The molecule has 0 radical (unpaired) electrons. The SMILES string of the molecule is C[C@H]1CN(C(=O)c2c3ccc(C#N)cc3nn2C)Cc2cnc(C(C)(O)C(F)(F)F)n21.Cl.O.O. The second-order valence-corrected chi connectivity index (χ2v) is 7.86. The quantitative estimate of drug-likeness (QED) is 0.556. The molecule has 1 amide bonds. The molecule has 3 heterocycles. The highest BCUT2D eigenvalue weighted by Gasteiger charge is 2.55. The number of aliphatic hydroxyl groups is 1. The normalized spacial score (nSPS) is 16.9. The molecule has 1 aromatic carbocycles. The summed E-state index contributed by atoms with van der Waals surface area (Å²) in [5, 5.41) is 24.0. The summed E-state index contributed by atoms with van der Waals surface area (Å²) < 4.78 is 42.8. The van der Waals surface area contributed by atoms with Gasteiger partial charge in [0.15, 0.2) is 5.82 Å². The van der Waals surface area contributed by atoms with E-state index in [0.29, 0.717) is 34.8 Å². The van der Waals surface area contributed by atoms with E-state index in [-0.39, 0.29) is 42.4 Å². The lowest BCUT2D eigenvalue weighted by Gasteiger charge is -2.36. The summed E-state index contributed by atoms with van der Waals surface area (Å²) in [4.78, 5) is 18.7. The molecule has 0 saturated carbocycles. The Kier molecular flexibility index (Phi) is 8.14. The minimum Gasteiger partial charge on any atom is -0.412 e. The molecule has 0 fully saturated rings. The number of aryl methyl sites for hydroxylation is 1. The summed E-state index contributed by atoms with van der Waals surface area (Å²) in [6.07, 6.45) is -3.64. The monoisotopic (exact) mass is 504 g/mol. The van der Waals surface area contributed by atoms with Crippen LogP contribution in [0.4, 0.5) is 13.2 Å². The number of nitrogens with zero attached hydrogens (tertiary/aromatic N) is 6. The van der Waals surface area contributed by atoms with Gasteiger partial charge in [0.25, 0.3) is 5.91 Å². The number of carbonyl (C=O) groups is 1. The van der Waals surface area contributed by atoms with Crippen molar-refractivity contribution in [3.05, 3.63) is 47.2 Å². The van der Waals surface area contributed by atoms with Crippen LogP contribution in [0.3, 0.4) is 0 Å². The number of imidazole rings is 1. The van der Waals surface area contributed by atoms with Crippen LogP contribution in [-0.4, -0.2) is 58.9 Å². The number of rotatable bonds is 2. The van der Waals surface area contributed by atoms with Gasteiger partial charge >= 0.3 is 6.18 Å². The van der Waals surface area contributed by atoms with Crippen molar-refractivity contribution >= 4 is 29.2 Å².